The predicted molar refractivity (Wildman–Crippen MR) is 75.7 cm³/mol. The second kappa shape index (κ2) is 7.51. The molecule has 0 saturated carbocycles. The van der Waals surface area contributed by atoms with Crippen LogP contribution in [0.5, 0.6) is 0 Å². The molecule has 0 unspecified atom stereocenters. The molecular formula is C14H17N3O4. The van der Waals surface area contributed by atoms with Crippen molar-refractivity contribution in [1.82, 2.24) is 10.1 Å². The van der Waals surface area contributed by atoms with E-state index >= 15 is 0 Å². The number of rotatable bonds is 8. The molecular weight excluding hydrogens is 274 g/mol. The number of ether oxygens (including phenoxy) is 2. The first-order chi connectivity index (χ1) is 10.2. The number of aryl methyl sites for hydroxylation is 1. The number of benzene rings is 1. The minimum Gasteiger partial charge on any atom is -0.382 e. The summed E-state index contributed by atoms with van der Waals surface area (Å²) in [4.78, 5) is 14.8. The molecule has 1 amide bonds. The Labute approximate surface area is 122 Å². The number of hydrogen-bond donors (Lipinski definition) is 1. The number of nitrogens with one attached hydrogen (secondary N) is 1. The molecule has 0 atom stereocenters. The molecule has 0 aliphatic rings. The number of nitrogens with zero attached hydrogens (tertiary/aromatic N) is 2. The molecule has 0 radical (unpaired) electrons. The van der Waals surface area contributed by atoms with Gasteiger partial charge in [0.25, 0.3) is 5.89 Å². The zero-order valence-electron chi connectivity index (χ0n) is 12.0. The lowest BCUT2D eigenvalue weighted by atomic mass is 10.1. The van der Waals surface area contributed by atoms with Crippen LogP contribution in [0.25, 0.3) is 11.4 Å². The van der Waals surface area contributed by atoms with E-state index < -0.39 is 0 Å². The van der Waals surface area contributed by atoms with Gasteiger partial charge in [-0.1, -0.05) is 17.3 Å². The molecule has 0 fully saturated rings. The smallest absolute Gasteiger partial charge is 0.252 e. The van der Waals surface area contributed by atoms with Crippen molar-refractivity contribution < 1.29 is 18.8 Å². The molecule has 2 rings (SSSR count). The highest BCUT2D eigenvalue weighted by Gasteiger charge is 2.10. The standard InChI is InChI=1S/C14H17N3O4/c1-10-3-4-11(7-12(10)15-9-18)14-16-13(21-17-14)8-20-6-5-19-2/h3-4,7,9H,5-6,8H2,1-2H3,(H,15,18). The van der Waals surface area contributed by atoms with Crippen molar-refractivity contribution >= 4 is 12.1 Å². The van der Waals surface area contributed by atoms with Gasteiger partial charge >= 0.3 is 0 Å². The van der Waals surface area contributed by atoms with E-state index in [1.807, 2.05) is 19.1 Å². The Morgan fingerprint density at radius 1 is 1.38 bits per heavy atom. The maximum atomic E-state index is 10.6. The second-order valence-corrected chi connectivity index (χ2v) is 4.35. The lowest BCUT2D eigenvalue weighted by molar-refractivity contribution is -0.105. The summed E-state index contributed by atoms with van der Waals surface area (Å²) in [7, 11) is 1.61. The van der Waals surface area contributed by atoms with Crippen molar-refractivity contribution in [2.45, 2.75) is 13.5 Å². The van der Waals surface area contributed by atoms with Crippen LogP contribution in [0.3, 0.4) is 0 Å². The zero-order valence-corrected chi connectivity index (χ0v) is 12.0. The normalized spacial score (nSPS) is 10.6. The van der Waals surface area contributed by atoms with E-state index in [9.17, 15) is 4.79 Å². The van der Waals surface area contributed by atoms with E-state index in [-0.39, 0.29) is 6.61 Å². The molecule has 0 saturated heterocycles. The van der Waals surface area contributed by atoms with Gasteiger partial charge in [-0.15, -0.1) is 0 Å². The van der Waals surface area contributed by atoms with E-state index in [4.69, 9.17) is 14.0 Å². The van der Waals surface area contributed by atoms with Crippen LogP contribution in [0.4, 0.5) is 5.69 Å². The number of carbonyl (C=O) groups excluding carboxylic acids is 1. The third-order valence-electron chi connectivity index (χ3n) is 2.84. The van der Waals surface area contributed by atoms with E-state index in [2.05, 4.69) is 15.5 Å². The largest absolute Gasteiger partial charge is 0.382 e. The summed E-state index contributed by atoms with van der Waals surface area (Å²) in [6.07, 6.45) is 0.636. The Balaban J connectivity index is 2.06. The molecule has 7 nitrogen and oxygen atoms in total. The van der Waals surface area contributed by atoms with E-state index in [0.717, 1.165) is 11.1 Å². The summed E-state index contributed by atoms with van der Waals surface area (Å²) in [6, 6.07) is 5.54. The Morgan fingerprint density at radius 3 is 3.00 bits per heavy atom. The van der Waals surface area contributed by atoms with Crippen LogP contribution in [0.15, 0.2) is 22.7 Å². The SMILES string of the molecule is COCCOCc1nc(-c2ccc(C)c(NC=O)c2)no1. The van der Waals surface area contributed by atoms with E-state index in [1.54, 1.807) is 13.2 Å². The number of methoxy groups -OCH3 is 1. The first kappa shape index (κ1) is 15.1. The molecule has 0 bridgehead atoms. The topological polar surface area (TPSA) is 86.5 Å². The van der Waals surface area contributed by atoms with Crippen molar-refractivity contribution in [3.63, 3.8) is 0 Å². The summed E-state index contributed by atoms with van der Waals surface area (Å²) in [5.41, 5.74) is 2.43. The molecule has 112 valence electrons. The van der Waals surface area contributed by atoms with Gasteiger partial charge in [0.05, 0.1) is 13.2 Å². The number of anilines is 1. The van der Waals surface area contributed by atoms with Crippen LogP contribution in [0.2, 0.25) is 0 Å². The van der Waals surface area contributed by atoms with E-state index in [1.165, 1.54) is 0 Å². The third-order valence-corrected chi connectivity index (χ3v) is 2.84. The van der Waals surface area contributed by atoms with Gasteiger partial charge in [-0.2, -0.15) is 4.98 Å². The summed E-state index contributed by atoms with van der Waals surface area (Å²) in [5.74, 6) is 0.848. The molecule has 0 aliphatic heterocycles. The Morgan fingerprint density at radius 2 is 2.24 bits per heavy atom. The molecule has 7 heteroatoms. The van der Waals surface area contributed by atoms with Crippen molar-refractivity contribution in [2.75, 3.05) is 25.6 Å². The molecule has 1 N–H and O–H groups in total. The van der Waals surface area contributed by atoms with Crippen LogP contribution >= 0.6 is 0 Å². The minimum atomic E-state index is 0.238. The molecule has 21 heavy (non-hydrogen) atoms. The van der Waals surface area contributed by atoms with Crippen molar-refractivity contribution in [1.29, 1.82) is 0 Å². The average molecular weight is 291 g/mol. The van der Waals surface area contributed by atoms with Gasteiger partial charge in [-0.05, 0) is 18.6 Å². The maximum absolute atomic E-state index is 10.6. The molecule has 2 aromatic rings. The van der Waals surface area contributed by atoms with Crippen LogP contribution in [0, 0.1) is 6.92 Å². The molecule has 0 spiro atoms. The fraction of sp³-hybridized carbons (Fsp3) is 0.357. The van der Waals surface area contributed by atoms with Crippen molar-refractivity contribution in [3.05, 3.63) is 29.7 Å². The van der Waals surface area contributed by atoms with Gasteiger partial charge in [-0.3, -0.25) is 4.79 Å². The fourth-order valence-corrected chi connectivity index (χ4v) is 1.71. The maximum Gasteiger partial charge on any atom is 0.252 e. The summed E-state index contributed by atoms with van der Waals surface area (Å²) in [5, 5.41) is 6.54. The van der Waals surface area contributed by atoms with E-state index in [0.29, 0.717) is 37.0 Å². The van der Waals surface area contributed by atoms with Gasteiger partial charge in [0.2, 0.25) is 12.2 Å². The Bertz CT molecular complexity index is 598. The number of hydrogen-bond acceptors (Lipinski definition) is 6. The monoisotopic (exact) mass is 291 g/mol. The predicted octanol–water partition coefficient (Wildman–Crippen LogP) is 1.78. The highest BCUT2D eigenvalue weighted by Crippen LogP contribution is 2.23. The van der Waals surface area contributed by atoms with Crippen LogP contribution < -0.4 is 5.32 Å². The van der Waals surface area contributed by atoms with Gasteiger partial charge in [0.1, 0.15) is 6.61 Å². The molecule has 1 heterocycles. The molecule has 1 aromatic carbocycles. The Kier molecular flexibility index (Phi) is 5.42. The Hall–Kier alpha value is -2.25. The average Bonchev–Trinajstić information content (AvgIpc) is 2.95. The molecule has 0 aliphatic carbocycles. The van der Waals surface area contributed by atoms with Gasteiger partial charge in [0, 0.05) is 18.4 Å². The lowest BCUT2D eigenvalue weighted by Gasteiger charge is -2.04. The first-order valence-electron chi connectivity index (χ1n) is 6.45. The highest BCUT2D eigenvalue weighted by molar-refractivity contribution is 5.76. The van der Waals surface area contributed by atoms with Gasteiger partial charge in [0.15, 0.2) is 0 Å². The summed E-state index contributed by atoms with van der Waals surface area (Å²) in [6.45, 7) is 3.12. The third kappa shape index (κ3) is 4.11. The fourth-order valence-electron chi connectivity index (χ4n) is 1.71. The van der Waals surface area contributed by atoms with Gasteiger partial charge < -0.3 is 19.3 Å². The molecule has 1 aromatic heterocycles. The quantitative estimate of drug-likeness (QED) is 0.589. The number of carbonyl (C=O) groups is 1. The van der Waals surface area contributed by atoms with Crippen LogP contribution in [0.1, 0.15) is 11.5 Å². The highest BCUT2D eigenvalue weighted by atomic mass is 16.5. The summed E-state index contributed by atoms with van der Waals surface area (Å²) < 4.78 is 15.3. The van der Waals surface area contributed by atoms with Gasteiger partial charge in [-0.25, -0.2) is 0 Å². The van der Waals surface area contributed by atoms with Crippen molar-refractivity contribution in [2.24, 2.45) is 0 Å². The van der Waals surface area contributed by atoms with Crippen LogP contribution in [-0.2, 0) is 20.9 Å². The number of amides is 1. The van der Waals surface area contributed by atoms with Crippen molar-refractivity contribution in [3.8, 4) is 11.4 Å². The second-order valence-electron chi connectivity index (χ2n) is 4.35. The minimum absolute atomic E-state index is 0.238. The zero-order chi connectivity index (χ0) is 15.1. The summed E-state index contributed by atoms with van der Waals surface area (Å²) >= 11 is 0. The lowest BCUT2D eigenvalue weighted by Crippen LogP contribution is -2.01. The first-order valence-corrected chi connectivity index (χ1v) is 6.45. The number of aromatic nitrogens is 2. The van der Waals surface area contributed by atoms with Crippen LogP contribution in [-0.4, -0.2) is 36.9 Å².